The van der Waals surface area contributed by atoms with Crippen molar-refractivity contribution in [2.24, 2.45) is 0 Å². The summed E-state index contributed by atoms with van der Waals surface area (Å²) in [4.78, 5) is 32.2. The number of carbonyl (C=O) groups excluding carboxylic acids is 2. The minimum Gasteiger partial charge on any atom is -0.497 e. The zero-order valence-corrected chi connectivity index (χ0v) is 22.7. The van der Waals surface area contributed by atoms with Gasteiger partial charge in [0.25, 0.3) is 5.91 Å². The van der Waals surface area contributed by atoms with Crippen molar-refractivity contribution in [2.45, 2.75) is 38.8 Å². The lowest BCUT2D eigenvalue weighted by Crippen LogP contribution is -2.49. The molecule has 200 valence electrons. The highest BCUT2D eigenvalue weighted by atomic mass is 32.1. The molecule has 3 aromatic rings. The first-order chi connectivity index (χ1) is 18.5. The topological polar surface area (TPSA) is 77.5 Å². The van der Waals surface area contributed by atoms with Crippen LogP contribution in [0.4, 0.5) is 0 Å². The first kappa shape index (κ1) is 25.9. The summed E-state index contributed by atoms with van der Waals surface area (Å²) in [6.45, 7) is 4.98. The van der Waals surface area contributed by atoms with E-state index in [2.05, 4.69) is 11.4 Å². The van der Waals surface area contributed by atoms with Crippen molar-refractivity contribution in [3.05, 3.63) is 69.9 Å². The minimum absolute atomic E-state index is 0.0165. The lowest BCUT2D eigenvalue weighted by molar-refractivity contribution is -0.136. The Hall–Kier alpha value is -3.72. The second kappa shape index (κ2) is 11.3. The molecule has 2 unspecified atom stereocenters. The molecule has 0 saturated heterocycles. The van der Waals surface area contributed by atoms with E-state index in [1.165, 1.54) is 4.88 Å². The van der Waals surface area contributed by atoms with Crippen LogP contribution >= 0.6 is 11.3 Å². The molecule has 9 heteroatoms. The lowest BCUT2D eigenvalue weighted by atomic mass is 10.00. The van der Waals surface area contributed by atoms with E-state index in [4.69, 9.17) is 18.9 Å². The number of thiophene rings is 1. The van der Waals surface area contributed by atoms with E-state index < -0.39 is 0 Å². The number of nitrogens with zero attached hydrogens (tertiary/aromatic N) is 2. The van der Waals surface area contributed by atoms with Crippen LogP contribution in [-0.4, -0.2) is 61.3 Å². The van der Waals surface area contributed by atoms with Crippen LogP contribution in [-0.2, 0) is 11.2 Å². The molecule has 38 heavy (non-hydrogen) atoms. The largest absolute Gasteiger partial charge is 0.497 e. The molecule has 0 aliphatic carbocycles. The molecule has 0 bridgehead atoms. The Balaban J connectivity index is 1.35. The Bertz CT molecular complexity index is 1310. The van der Waals surface area contributed by atoms with Gasteiger partial charge in [0.15, 0.2) is 11.5 Å². The average molecular weight is 537 g/mol. The highest BCUT2D eigenvalue weighted by Gasteiger charge is 2.34. The number of fused-ring (bicyclic) bond motifs is 2. The van der Waals surface area contributed by atoms with Crippen LogP contribution in [0.15, 0.2) is 53.9 Å². The van der Waals surface area contributed by atoms with E-state index in [1.54, 1.807) is 41.5 Å². The molecule has 2 aliphatic heterocycles. The fraction of sp³-hybridized carbons (Fsp3) is 0.379. The second-order valence-corrected chi connectivity index (χ2v) is 10.4. The number of benzene rings is 2. The zero-order chi connectivity index (χ0) is 26.6. The minimum atomic E-state index is -0.247. The first-order valence-electron chi connectivity index (χ1n) is 12.8. The predicted molar refractivity (Wildman–Crippen MR) is 144 cm³/mol. The van der Waals surface area contributed by atoms with E-state index in [1.807, 2.05) is 43.0 Å². The van der Waals surface area contributed by atoms with Crippen LogP contribution in [0.5, 0.6) is 23.0 Å². The molecule has 1 aromatic heterocycles. The van der Waals surface area contributed by atoms with E-state index >= 15 is 0 Å². The summed E-state index contributed by atoms with van der Waals surface area (Å²) < 4.78 is 22.3. The Morgan fingerprint density at radius 3 is 2.76 bits per heavy atom. The molecule has 0 N–H and O–H groups in total. The third-order valence-corrected chi connectivity index (χ3v) is 8.17. The summed E-state index contributed by atoms with van der Waals surface area (Å²) in [5.41, 5.74) is 1.58. The maximum Gasteiger partial charge on any atom is 0.254 e. The molecule has 2 aromatic carbocycles. The van der Waals surface area contributed by atoms with Gasteiger partial charge in [-0.1, -0.05) is 13.0 Å². The molecule has 0 saturated carbocycles. The molecule has 0 radical (unpaired) electrons. The molecule has 2 atom stereocenters. The molecule has 5 rings (SSSR count). The predicted octanol–water partition coefficient (Wildman–Crippen LogP) is 4.93. The summed E-state index contributed by atoms with van der Waals surface area (Å²) in [5, 5.41) is 2.06. The molecular weight excluding hydrogens is 504 g/mol. The smallest absolute Gasteiger partial charge is 0.254 e. The van der Waals surface area contributed by atoms with Crippen molar-refractivity contribution in [3.63, 3.8) is 0 Å². The number of ether oxygens (including phenoxy) is 4. The van der Waals surface area contributed by atoms with Crippen LogP contribution in [0.2, 0.25) is 0 Å². The fourth-order valence-corrected chi connectivity index (χ4v) is 5.75. The van der Waals surface area contributed by atoms with Crippen molar-refractivity contribution in [1.82, 2.24) is 9.80 Å². The summed E-state index contributed by atoms with van der Waals surface area (Å²) >= 11 is 1.70. The summed E-state index contributed by atoms with van der Waals surface area (Å²) in [5.74, 6) is 2.24. The van der Waals surface area contributed by atoms with Gasteiger partial charge in [-0.25, -0.2) is 0 Å². The van der Waals surface area contributed by atoms with Gasteiger partial charge in [-0.05, 0) is 67.1 Å². The van der Waals surface area contributed by atoms with Crippen molar-refractivity contribution in [3.8, 4) is 23.0 Å². The normalized spacial score (nSPS) is 16.5. The number of carbonyl (C=O) groups is 2. The van der Waals surface area contributed by atoms with E-state index in [0.717, 1.165) is 18.4 Å². The van der Waals surface area contributed by atoms with Crippen LogP contribution in [0.3, 0.4) is 0 Å². The Labute approximate surface area is 226 Å². The monoisotopic (exact) mass is 536 g/mol. The maximum atomic E-state index is 13.8. The molecular formula is C29H32N2O6S. The quantitative estimate of drug-likeness (QED) is 0.386. The van der Waals surface area contributed by atoms with Gasteiger partial charge in [0.1, 0.15) is 24.7 Å². The van der Waals surface area contributed by atoms with Gasteiger partial charge < -0.3 is 28.7 Å². The van der Waals surface area contributed by atoms with Crippen LogP contribution < -0.4 is 18.9 Å². The SMILES string of the molecule is CCC(C)N(CC(=O)N1CCc2sccc2C1COc1cccc(OC)c1)C(=O)c1ccc2c(c1)OCO2. The van der Waals surface area contributed by atoms with E-state index in [9.17, 15) is 9.59 Å². The third-order valence-electron chi connectivity index (χ3n) is 7.17. The van der Waals surface area contributed by atoms with Crippen molar-refractivity contribution < 1.29 is 28.5 Å². The van der Waals surface area contributed by atoms with E-state index in [-0.39, 0.29) is 37.2 Å². The number of amides is 2. The van der Waals surface area contributed by atoms with Crippen LogP contribution in [0.25, 0.3) is 0 Å². The standard InChI is InChI=1S/C29H32N2O6S/c1-4-19(2)31(29(33)20-8-9-25-26(14-20)37-18-36-25)16-28(32)30-12-10-27-23(11-13-38-27)24(30)17-35-22-7-5-6-21(15-22)34-3/h5-9,11,13-15,19,24H,4,10,12,16-18H2,1-3H3. The summed E-state index contributed by atoms with van der Waals surface area (Å²) in [7, 11) is 1.62. The molecule has 0 spiro atoms. The Morgan fingerprint density at radius 2 is 1.95 bits per heavy atom. The first-order valence-corrected chi connectivity index (χ1v) is 13.7. The fourth-order valence-electron chi connectivity index (χ4n) is 4.82. The van der Waals surface area contributed by atoms with Gasteiger partial charge in [-0.15, -0.1) is 11.3 Å². The lowest BCUT2D eigenvalue weighted by Gasteiger charge is -2.38. The van der Waals surface area contributed by atoms with Crippen LogP contribution in [0.1, 0.15) is 47.1 Å². The van der Waals surface area contributed by atoms with Crippen molar-refractivity contribution >= 4 is 23.2 Å². The molecule has 0 fully saturated rings. The number of hydrogen-bond donors (Lipinski definition) is 0. The van der Waals surface area contributed by atoms with Gasteiger partial charge in [0, 0.05) is 29.1 Å². The summed E-state index contributed by atoms with van der Waals surface area (Å²) in [6.07, 6.45) is 1.51. The zero-order valence-electron chi connectivity index (χ0n) is 21.8. The molecule has 3 heterocycles. The van der Waals surface area contributed by atoms with Gasteiger partial charge in [-0.3, -0.25) is 9.59 Å². The molecule has 2 amide bonds. The van der Waals surface area contributed by atoms with Gasteiger partial charge in [0.2, 0.25) is 12.7 Å². The van der Waals surface area contributed by atoms with Gasteiger partial charge in [0.05, 0.1) is 13.2 Å². The van der Waals surface area contributed by atoms with Crippen molar-refractivity contribution in [2.75, 3.05) is 33.6 Å². The Kier molecular flexibility index (Phi) is 7.74. The molecule has 8 nitrogen and oxygen atoms in total. The highest BCUT2D eigenvalue weighted by molar-refractivity contribution is 7.10. The van der Waals surface area contributed by atoms with Crippen molar-refractivity contribution in [1.29, 1.82) is 0 Å². The molecule has 2 aliphatic rings. The maximum absolute atomic E-state index is 13.8. The van der Waals surface area contributed by atoms with Crippen LogP contribution in [0, 0.1) is 0 Å². The second-order valence-electron chi connectivity index (χ2n) is 9.40. The highest BCUT2D eigenvalue weighted by Crippen LogP contribution is 2.35. The number of rotatable bonds is 9. The summed E-state index contributed by atoms with van der Waals surface area (Å²) in [6, 6.07) is 14.3. The van der Waals surface area contributed by atoms with E-state index in [0.29, 0.717) is 41.7 Å². The van der Waals surface area contributed by atoms with Gasteiger partial charge in [-0.2, -0.15) is 0 Å². The number of hydrogen-bond acceptors (Lipinski definition) is 7. The Morgan fingerprint density at radius 1 is 1.13 bits per heavy atom. The average Bonchev–Trinajstić information content (AvgIpc) is 3.63. The third kappa shape index (κ3) is 5.29. The number of methoxy groups -OCH3 is 1. The van der Waals surface area contributed by atoms with Gasteiger partial charge >= 0.3 is 0 Å².